The van der Waals surface area contributed by atoms with Crippen LogP contribution in [0.2, 0.25) is 0 Å². The molecule has 8 heteroatoms. The van der Waals surface area contributed by atoms with Crippen LogP contribution in [0.4, 0.5) is 8.78 Å². The molecule has 0 amide bonds. The number of Topliss-reactive ketones (excluding diaryl/α,β-unsaturated/α-hetero) is 1. The molecule has 0 radical (unpaired) electrons. The second kappa shape index (κ2) is 7.12. The summed E-state index contributed by atoms with van der Waals surface area (Å²) in [6, 6.07) is 5.44. The van der Waals surface area contributed by atoms with Crippen molar-refractivity contribution in [2.24, 2.45) is 5.41 Å². The van der Waals surface area contributed by atoms with E-state index in [-0.39, 0.29) is 41.0 Å². The first kappa shape index (κ1) is 20.6. The SMILES string of the molecule is CCC(=O)c1nccnc1O[C@@]12CC[C@@H](c3cc(-c4c(F)cccc4F)nnc31)C2(C)C. The zero-order valence-electron chi connectivity index (χ0n) is 18.0. The number of fused-ring (bicyclic) bond motifs is 5. The number of ketones is 1. The van der Waals surface area contributed by atoms with Crippen LogP contribution >= 0.6 is 0 Å². The molecule has 2 heterocycles. The van der Waals surface area contributed by atoms with Crippen molar-refractivity contribution in [2.75, 3.05) is 0 Å². The summed E-state index contributed by atoms with van der Waals surface area (Å²) in [6.07, 6.45) is 4.71. The van der Waals surface area contributed by atoms with Gasteiger partial charge in [0.25, 0.3) is 0 Å². The third-order valence-electron chi connectivity index (χ3n) is 7.02. The van der Waals surface area contributed by atoms with Crippen molar-refractivity contribution >= 4 is 5.78 Å². The van der Waals surface area contributed by atoms with Crippen LogP contribution in [-0.2, 0) is 5.60 Å². The first-order chi connectivity index (χ1) is 15.3. The molecule has 3 aromatic rings. The Bertz CT molecular complexity index is 1230. The number of hydrogen-bond donors (Lipinski definition) is 0. The molecule has 6 nitrogen and oxygen atoms in total. The summed E-state index contributed by atoms with van der Waals surface area (Å²) in [6.45, 7) is 5.91. The molecular weight excluding hydrogens is 414 g/mol. The van der Waals surface area contributed by atoms with E-state index in [4.69, 9.17) is 4.74 Å². The van der Waals surface area contributed by atoms with E-state index in [1.54, 1.807) is 13.0 Å². The Morgan fingerprint density at radius 3 is 2.59 bits per heavy atom. The Morgan fingerprint density at radius 2 is 1.88 bits per heavy atom. The van der Waals surface area contributed by atoms with Crippen LogP contribution in [0.3, 0.4) is 0 Å². The number of rotatable bonds is 5. The van der Waals surface area contributed by atoms with Crippen LogP contribution in [-0.4, -0.2) is 25.9 Å². The first-order valence-electron chi connectivity index (χ1n) is 10.7. The van der Waals surface area contributed by atoms with Gasteiger partial charge in [-0.3, -0.25) is 4.79 Å². The number of halogens is 2. The highest BCUT2D eigenvalue weighted by Crippen LogP contribution is 2.67. The molecule has 2 aliphatic carbocycles. The molecule has 2 atom stereocenters. The average Bonchev–Trinajstić information content (AvgIpc) is 3.13. The number of hydrogen-bond acceptors (Lipinski definition) is 6. The number of aromatic nitrogens is 4. The fourth-order valence-corrected chi connectivity index (χ4v) is 5.28. The van der Waals surface area contributed by atoms with E-state index in [0.29, 0.717) is 12.1 Å². The molecule has 32 heavy (non-hydrogen) atoms. The number of benzene rings is 1. The van der Waals surface area contributed by atoms with Crippen molar-refractivity contribution in [3.63, 3.8) is 0 Å². The summed E-state index contributed by atoms with van der Waals surface area (Å²) >= 11 is 0. The van der Waals surface area contributed by atoms with Crippen LogP contribution in [0, 0.1) is 17.0 Å². The van der Waals surface area contributed by atoms with Crippen molar-refractivity contribution in [1.82, 2.24) is 20.2 Å². The van der Waals surface area contributed by atoms with Gasteiger partial charge in [0.05, 0.1) is 11.3 Å². The largest absolute Gasteiger partial charge is 0.462 e. The summed E-state index contributed by atoms with van der Waals surface area (Å²) in [5.74, 6) is -1.30. The Morgan fingerprint density at radius 1 is 1.16 bits per heavy atom. The molecule has 0 unspecified atom stereocenters. The fraction of sp³-hybridized carbons (Fsp3) is 0.375. The second-order valence-electron chi connectivity index (χ2n) is 8.86. The van der Waals surface area contributed by atoms with Crippen LogP contribution in [0.25, 0.3) is 11.3 Å². The molecule has 0 saturated heterocycles. The average molecular weight is 436 g/mol. The van der Waals surface area contributed by atoms with E-state index < -0.39 is 22.7 Å². The van der Waals surface area contributed by atoms with Crippen molar-refractivity contribution in [1.29, 1.82) is 0 Å². The van der Waals surface area contributed by atoms with Crippen molar-refractivity contribution in [3.05, 3.63) is 65.2 Å². The smallest absolute Gasteiger partial charge is 0.244 e. The summed E-state index contributed by atoms with van der Waals surface area (Å²) in [5, 5.41) is 8.59. The lowest BCUT2D eigenvalue weighted by Crippen LogP contribution is -2.42. The van der Waals surface area contributed by atoms with Gasteiger partial charge in [0, 0.05) is 24.2 Å². The van der Waals surface area contributed by atoms with Gasteiger partial charge >= 0.3 is 0 Å². The predicted octanol–water partition coefficient (Wildman–Crippen LogP) is 5.00. The zero-order valence-corrected chi connectivity index (χ0v) is 18.0. The van der Waals surface area contributed by atoms with Gasteiger partial charge in [-0.1, -0.05) is 26.8 Å². The van der Waals surface area contributed by atoms with E-state index in [2.05, 4.69) is 34.0 Å². The Labute approximate surface area is 184 Å². The minimum atomic E-state index is -0.870. The minimum Gasteiger partial charge on any atom is -0.462 e. The maximum absolute atomic E-state index is 14.4. The van der Waals surface area contributed by atoms with E-state index in [1.807, 2.05) is 0 Å². The summed E-state index contributed by atoms with van der Waals surface area (Å²) in [4.78, 5) is 20.9. The van der Waals surface area contributed by atoms with Gasteiger partial charge in [-0.2, -0.15) is 5.10 Å². The summed E-state index contributed by atoms with van der Waals surface area (Å²) < 4.78 is 35.2. The highest BCUT2D eigenvalue weighted by molar-refractivity contribution is 5.95. The number of nitrogens with zero attached hydrogens (tertiary/aromatic N) is 4. The van der Waals surface area contributed by atoms with Crippen LogP contribution < -0.4 is 4.74 Å². The third kappa shape index (κ3) is 2.71. The van der Waals surface area contributed by atoms with E-state index in [9.17, 15) is 13.6 Å². The van der Waals surface area contributed by atoms with Gasteiger partial charge < -0.3 is 4.74 Å². The Balaban J connectivity index is 1.63. The van der Waals surface area contributed by atoms with Crippen LogP contribution in [0.15, 0.2) is 36.7 Å². The molecule has 1 aromatic carbocycles. The lowest BCUT2D eigenvalue weighted by Gasteiger charge is -2.37. The molecule has 0 N–H and O–H groups in total. The quantitative estimate of drug-likeness (QED) is 0.524. The number of ether oxygens (including phenoxy) is 1. The normalized spacial score (nSPS) is 22.6. The van der Waals surface area contributed by atoms with Crippen molar-refractivity contribution < 1.29 is 18.3 Å². The van der Waals surface area contributed by atoms with Crippen molar-refractivity contribution in [2.45, 2.75) is 51.6 Å². The highest BCUT2D eigenvalue weighted by atomic mass is 19.1. The summed E-state index contributed by atoms with van der Waals surface area (Å²) in [5.41, 5.74) is 0.365. The van der Waals surface area contributed by atoms with Gasteiger partial charge in [-0.15, -0.1) is 5.10 Å². The molecule has 2 aliphatic rings. The van der Waals surface area contributed by atoms with Crippen molar-refractivity contribution in [3.8, 4) is 17.1 Å². The maximum Gasteiger partial charge on any atom is 0.244 e. The predicted molar refractivity (Wildman–Crippen MR) is 112 cm³/mol. The maximum atomic E-state index is 14.4. The molecule has 1 fully saturated rings. The van der Waals surface area contributed by atoms with E-state index >= 15 is 0 Å². The van der Waals surface area contributed by atoms with Gasteiger partial charge in [-0.05, 0) is 42.5 Å². The lowest BCUT2D eigenvalue weighted by molar-refractivity contribution is -0.0236. The zero-order chi connectivity index (χ0) is 22.7. The monoisotopic (exact) mass is 436 g/mol. The standard InChI is InChI=1S/C24H22F2N4O2/c1-4-18(31)20-22(28-11-10-27-20)32-24-9-8-14(23(24,2)3)13-12-17(29-30-21(13)24)19-15(25)6-5-7-16(19)26/h5-7,10-12,14H,4,8-9H2,1-3H3/t14-,24-/m0/s1. The molecule has 2 bridgehead atoms. The fourth-order valence-electron chi connectivity index (χ4n) is 5.28. The molecule has 164 valence electrons. The van der Waals surface area contributed by atoms with Gasteiger partial charge in [0.15, 0.2) is 17.1 Å². The number of carbonyl (C=O) groups excluding carboxylic acids is 1. The third-order valence-corrected chi connectivity index (χ3v) is 7.02. The molecule has 0 aliphatic heterocycles. The Kier molecular flexibility index (Phi) is 4.58. The first-order valence-corrected chi connectivity index (χ1v) is 10.7. The topological polar surface area (TPSA) is 77.9 Å². The molecular formula is C24H22F2N4O2. The number of carbonyl (C=O) groups is 1. The van der Waals surface area contributed by atoms with Gasteiger partial charge in [-0.25, -0.2) is 18.7 Å². The summed E-state index contributed by atoms with van der Waals surface area (Å²) in [7, 11) is 0. The highest BCUT2D eigenvalue weighted by Gasteiger charge is 2.66. The van der Waals surface area contributed by atoms with Gasteiger partial charge in [0.2, 0.25) is 5.88 Å². The van der Waals surface area contributed by atoms with Crippen LogP contribution in [0.1, 0.15) is 67.7 Å². The Hall–Kier alpha value is -3.29. The van der Waals surface area contributed by atoms with E-state index in [0.717, 1.165) is 12.0 Å². The second-order valence-corrected chi connectivity index (χ2v) is 8.86. The minimum absolute atomic E-state index is 0.0589. The van der Waals surface area contributed by atoms with Gasteiger partial charge in [0.1, 0.15) is 17.3 Å². The molecule has 1 saturated carbocycles. The molecule has 5 rings (SSSR count). The van der Waals surface area contributed by atoms with Crippen LogP contribution in [0.5, 0.6) is 5.88 Å². The molecule has 0 spiro atoms. The lowest BCUT2D eigenvalue weighted by atomic mass is 9.77. The molecule has 2 aromatic heterocycles. The van der Waals surface area contributed by atoms with E-state index in [1.165, 1.54) is 30.6 Å².